The Morgan fingerprint density at radius 2 is 1.03 bits per heavy atom. The van der Waals surface area contributed by atoms with E-state index >= 15 is 0 Å². The number of anilines is 1. The molecule has 3 aliphatic heterocycles. The molecule has 1 saturated heterocycles. The van der Waals surface area contributed by atoms with Crippen molar-refractivity contribution in [2.45, 2.75) is 29.7 Å². The van der Waals surface area contributed by atoms with Crippen molar-refractivity contribution in [2.24, 2.45) is 0 Å². The lowest BCUT2D eigenvalue weighted by molar-refractivity contribution is -0.143. The Bertz CT molecular complexity index is 1130. The molecule has 0 aromatic heterocycles. The zero-order valence-electron chi connectivity index (χ0n) is 15.7. The summed E-state index contributed by atoms with van der Waals surface area (Å²) in [5, 5.41) is 0. The van der Waals surface area contributed by atoms with E-state index in [4.69, 9.17) is 0 Å². The van der Waals surface area contributed by atoms with E-state index in [1.165, 1.54) is 11.1 Å². The predicted octanol–water partition coefficient (Wildman–Crippen LogP) is 7.84. The van der Waals surface area contributed by atoms with Gasteiger partial charge in [-0.3, -0.25) is 0 Å². The molecule has 1 fully saturated rings. The summed E-state index contributed by atoms with van der Waals surface area (Å²) in [5.74, 6) is 0. The molecule has 0 N–H and O–H groups in total. The van der Waals surface area contributed by atoms with Gasteiger partial charge < -0.3 is 4.67 Å². The number of hydrogen-bond acceptors (Lipinski definition) is 1. The molecule has 0 spiro atoms. The van der Waals surface area contributed by atoms with E-state index in [0.717, 1.165) is 23.3 Å². The summed E-state index contributed by atoms with van der Waals surface area (Å²) >= 11 is 0. The van der Waals surface area contributed by atoms with Crippen molar-refractivity contribution >= 4 is 13.8 Å². The first-order valence-corrected chi connectivity index (χ1v) is 11.1. The summed E-state index contributed by atoms with van der Waals surface area (Å²) in [6, 6.07) is 17.1. The van der Waals surface area contributed by atoms with Crippen molar-refractivity contribution in [3.63, 3.8) is 0 Å². The summed E-state index contributed by atoms with van der Waals surface area (Å²) in [6.07, 6.45) is -9.73. The fourth-order valence-electron chi connectivity index (χ4n) is 5.09. The Balaban J connectivity index is 1.60. The highest BCUT2D eigenvalue weighted by molar-refractivity contribution is 7.68. The van der Waals surface area contributed by atoms with Crippen molar-refractivity contribution in [1.29, 1.82) is 0 Å². The summed E-state index contributed by atoms with van der Waals surface area (Å²) in [4.78, 5) is 0. The van der Waals surface area contributed by atoms with Gasteiger partial charge in [0.2, 0.25) is 0 Å². The van der Waals surface area contributed by atoms with Gasteiger partial charge in [-0.25, -0.2) is 0 Å². The fraction of sp³-hybridized carbons (Fsp3) is 0.217. The largest absolute Gasteiger partial charge is 0.416 e. The number of halogens is 6. The highest BCUT2D eigenvalue weighted by Gasteiger charge is 2.64. The molecule has 2 unspecified atom stereocenters. The monoisotopic (exact) mass is 449 g/mol. The van der Waals surface area contributed by atoms with Gasteiger partial charge in [-0.15, -0.1) is 0 Å². The third-order valence-electron chi connectivity index (χ3n) is 6.33. The predicted molar refractivity (Wildman–Crippen MR) is 106 cm³/mol. The second-order valence-electron chi connectivity index (χ2n) is 8.04. The van der Waals surface area contributed by atoms with Gasteiger partial charge in [0.15, 0.2) is 0 Å². The molecule has 1 nitrogen and oxygen atoms in total. The van der Waals surface area contributed by atoms with Crippen LogP contribution in [0.15, 0.2) is 66.7 Å². The van der Waals surface area contributed by atoms with Gasteiger partial charge in [0.05, 0.1) is 17.2 Å². The van der Waals surface area contributed by atoms with Gasteiger partial charge in [0.1, 0.15) is 0 Å². The van der Waals surface area contributed by atoms with Crippen LogP contribution in [0, 0.1) is 0 Å². The minimum atomic E-state index is -4.86. The van der Waals surface area contributed by atoms with Gasteiger partial charge in [0.25, 0.3) is 0 Å². The molecular formula is C23H14F6NP. The van der Waals surface area contributed by atoms with Crippen molar-refractivity contribution < 1.29 is 26.3 Å². The standard InChI is InChI=1S/C23H14F6NP/c24-22(25,26)12-9-13(23(27,28)29)11-14(10-12)30-19-15-5-1-3-7-17(15)20-21(31(20)30)18-8-4-2-6-16(18)19/h1-11,19-21H. The number of nitrogens with zero attached hydrogens (tertiary/aromatic N) is 1. The van der Waals surface area contributed by atoms with Gasteiger partial charge in [-0.05, 0) is 40.5 Å². The maximum atomic E-state index is 13.5. The minimum Gasteiger partial charge on any atom is -0.338 e. The molecule has 0 saturated carbocycles. The number of alkyl halides is 6. The van der Waals surface area contributed by atoms with Crippen LogP contribution in [0.1, 0.15) is 50.7 Å². The Morgan fingerprint density at radius 1 is 0.613 bits per heavy atom. The maximum Gasteiger partial charge on any atom is 0.416 e. The normalized spacial score (nSPS) is 25.7. The average Bonchev–Trinajstić information content (AvgIpc) is 3.49. The quantitative estimate of drug-likeness (QED) is 0.270. The summed E-state index contributed by atoms with van der Waals surface area (Å²) in [7, 11) is -0.949. The molecule has 3 aromatic rings. The molecule has 0 amide bonds. The Kier molecular flexibility index (Phi) is 3.73. The maximum absolute atomic E-state index is 13.5. The number of rotatable bonds is 1. The van der Waals surface area contributed by atoms with E-state index < -0.39 is 37.6 Å². The van der Waals surface area contributed by atoms with Crippen LogP contribution in [0.5, 0.6) is 0 Å². The van der Waals surface area contributed by atoms with Crippen LogP contribution in [0.3, 0.4) is 0 Å². The van der Waals surface area contributed by atoms with E-state index in [1.54, 1.807) is 0 Å². The van der Waals surface area contributed by atoms with Crippen molar-refractivity contribution in [2.75, 3.05) is 4.67 Å². The first kappa shape index (κ1) is 19.2. The number of hydrogen-bond donors (Lipinski definition) is 0. The molecule has 3 heterocycles. The lowest BCUT2D eigenvalue weighted by Crippen LogP contribution is -2.28. The van der Waals surface area contributed by atoms with E-state index in [-0.39, 0.29) is 23.1 Å². The van der Waals surface area contributed by atoms with Crippen LogP contribution in [0.4, 0.5) is 32.0 Å². The fourth-order valence-corrected chi connectivity index (χ4v) is 8.50. The summed E-state index contributed by atoms with van der Waals surface area (Å²) < 4.78 is 82.8. The molecule has 31 heavy (non-hydrogen) atoms. The first-order chi connectivity index (χ1) is 14.7. The molecule has 2 atom stereocenters. The zero-order valence-corrected chi connectivity index (χ0v) is 16.6. The Hall–Kier alpha value is -2.53. The SMILES string of the molecule is FC(F)(F)c1cc(N2C3c4ccccc4C4C(c5ccccc53)P42)cc(C(F)(F)F)c1. The summed E-state index contributed by atoms with van der Waals surface area (Å²) in [5.41, 5.74) is 1.95. The van der Waals surface area contributed by atoms with Crippen molar-refractivity contribution in [1.82, 2.24) is 0 Å². The van der Waals surface area contributed by atoms with Gasteiger partial charge in [0, 0.05) is 25.1 Å². The molecule has 0 aliphatic carbocycles. The van der Waals surface area contributed by atoms with Gasteiger partial charge in [-0.1, -0.05) is 48.5 Å². The summed E-state index contributed by atoms with van der Waals surface area (Å²) in [6.45, 7) is 0. The molecule has 158 valence electrons. The molecule has 8 heteroatoms. The molecule has 2 bridgehead atoms. The van der Waals surface area contributed by atoms with Crippen LogP contribution < -0.4 is 4.67 Å². The number of fused-ring (bicyclic) bond motifs is 8. The second kappa shape index (κ2) is 6.04. The van der Waals surface area contributed by atoms with Crippen molar-refractivity contribution in [3.05, 3.63) is 100 Å². The molecule has 0 radical (unpaired) electrons. The van der Waals surface area contributed by atoms with Crippen LogP contribution in [-0.2, 0) is 12.4 Å². The second-order valence-corrected chi connectivity index (χ2v) is 10.3. The van der Waals surface area contributed by atoms with E-state index in [0.29, 0.717) is 0 Å². The van der Waals surface area contributed by atoms with Crippen LogP contribution in [0.2, 0.25) is 0 Å². The van der Waals surface area contributed by atoms with E-state index in [9.17, 15) is 26.3 Å². The Labute approximate surface area is 175 Å². The van der Waals surface area contributed by atoms with Crippen LogP contribution >= 0.6 is 8.07 Å². The third kappa shape index (κ3) is 2.68. The highest BCUT2D eigenvalue weighted by atomic mass is 31.1. The average molecular weight is 449 g/mol. The first-order valence-electron chi connectivity index (χ1n) is 9.71. The molecule has 3 aromatic carbocycles. The lowest BCUT2D eigenvalue weighted by Gasteiger charge is -2.42. The number of benzene rings is 3. The molecular weight excluding hydrogens is 435 g/mol. The lowest BCUT2D eigenvalue weighted by atomic mass is 9.93. The van der Waals surface area contributed by atoms with Gasteiger partial charge in [-0.2, -0.15) is 26.3 Å². The van der Waals surface area contributed by atoms with Gasteiger partial charge >= 0.3 is 12.4 Å². The van der Waals surface area contributed by atoms with E-state index in [1.807, 2.05) is 53.2 Å². The molecule has 3 aliphatic rings. The Morgan fingerprint density at radius 3 is 1.45 bits per heavy atom. The van der Waals surface area contributed by atoms with Crippen LogP contribution in [0.25, 0.3) is 0 Å². The third-order valence-corrected chi connectivity index (χ3v) is 9.24. The topological polar surface area (TPSA) is 3.24 Å². The minimum absolute atomic E-state index is 0.00485. The van der Waals surface area contributed by atoms with Crippen molar-refractivity contribution in [3.8, 4) is 0 Å². The highest BCUT2D eigenvalue weighted by Crippen LogP contribution is 2.92. The zero-order chi connectivity index (χ0) is 21.7. The van der Waals surface area contributed by atoms with E-state index in [2.05, 4.69) is 0 Å². The van der Waals surface area contributed by atoms with Crippen LogP contribution in [-0.4, -0.2) is 0 Å². The molecule has 6 rings (SSSR count). The smallest absolute Gasteiger partial charge is 0.338 e.